The lowest BCUT2D eigenvalue weighted by Crippen LogP contribution is -2.49. The highest BCUT2D eigenvalue weighted by atomic mass is 16.2. The molecule has 2 aromatic rings. The molecule has 0 aliphatic rings. The molecule has 0 aliphatic heterocycles. The van der Waals surface area contributed by atoms with Crippen molar-refractivity contribution in [3.8, 4) is 0 Å². The number of hydrogen-bond acceptors (Lipinski definition) is 2. The maximum absolute atomic E-state index is 13.1. The molecule has 0 bridgehead atoms. The fourth-order valence-electron chi connectivity index (χ4n) is 3.16. The van der Waals surface area contributed by atoms with Crippen LogP contribution >= 0.6 is 0 Å². The number of carbonyl (C=O) groups is 2. The van der Waals surface area contributed by atoms with Gasteiger partial charge < -0.3 is 10.2 Å². The Morgan fingerprint density at radius 3 is 2.10 bits per heavy atom. The second-order valence-corrected chi connectivity index (χ2v) is 7.67. The second kappa shape index (κ2) is 11.4. The van der Waals surface area contributed by atoms with E-state index in [1.165, 1.54) is 5.56 Å². The van der Waals surface area contributed by atoms with Crippen molar-refractivity contribution in [3.63, 3.8) is 0 Å². The maximum atomic E-state index is 13.1. The van der Waals surface area contributed by atoms with Crippen LogP contribution in [-0.2, 0) is 29.0 Å². The molecule has 2 amide bonds. The smallest absolute Gasteiger partial charge is 0.242 e. The predicted molar refractivity (Wildman–Crippen MR) is 118 cm³/mol. The van der Waals surface area contributed by atoms with Gasteiger partial charge in [-0.05, 0) is 49.8 Å². The Bertz CT molecular complexity index is 771. The van der Waals surface area contributed by atoms with Crippen LogP contribution in [0.4, 0.5) is 0 Å². The second-order valence-electron chi connectivity index (χ2n) is 7.67. The van der Waals surface area contributed by atoms with Crippen LogP contribution < -0.4 is 5.32 Å². The third kappa shape index (κ3) is 7.04. The van der Waals surface area contributed by atoms with Gasteiger partial charge in [0.1, 0.15) is 6.04 Å². The summed E-state index contributed by atoms with van der Waals surface area (Å²) in [5.74, 6) is -0.101. The van der Waals surface area contributed by atoms with Crippen LogP contribution in [-0.4, -0.2) is 28.8 Å². The lowest BCUT2D eigenvalue weighted by atomic mass is 10.0. The van der Waals surface area contributed by atoms with E-state index in [0.29, 0.717) is 19.4 Å². The van der Waals surface area contributed by atoms with E-state index in [9.17, 15) is 9.59 Å². The van der Waals surface area contributed by atoms with Crippen molar-refractivity contribution >= 4 is 11.8 Å². The van der Waals surface area contributed by atoms with Gasteiger partial charge in [0.15, 0.2) is 0 Å². The first-order valence-corrected chi connectivity index (χ1v) is 10.7. The van der Waals surface area contributed by atoms with Gasteiger partial charge in [0, 0.05) is 19.0 Å². The van der Waals surface area contributed by atoms with Crippen molar-refractivity contribution in [2.75, 3.05) is 0 Å². The summed E-state index contributed by atoms with van der Waals surface area (Å²) < 4.78 is 0. The Kier molecular flexibility index (Phi) is 8.91. The first kappa shape index (κ1) is 22.7. The number of nitrogens with zero attached hydrogens (tertiary/aromatic N) is 1. The van der Waals surface area contributed by atoms with Crippen molar-refractivity contribution in [1.29, 1.82) is 0 Å². The molecule has 4 heteroatoms. The summed E-state index contributed by atoms with van der Waals surface area (Å²) >= 11 is 0. The van der Waals surface area contributed by atoms with Crippen LogP contribution in [0.1, 0.15) is 57.2 Å². The summed E-state index contributed by atoms with van der Waals surface area (Å²) in [4.78, 5) is 27.5. The van der Waals surface area contributed by atoms with Crippen molar-refractivity contribution < 1.29 is 9.59 Å². The molecule has 29 heavy (non-hydrogen) atoms. The van der Waals surface area contributed by atoms with Gasteiger partial charge in [0.2, 0.25) is 11.8 Å². The quantitative estimate of drug-likeness (QED) is 0.644. The molecule has 0 aliphatic carbocycles. The molecule has 1 N–H and O–H groups in total. The van der Waals surface area contributed by atoms with Gasteiger partial charge in [-0.15, -0.1) is 0 Å². The molecule has 0 heterocycles. The van der Waals surface area contributed by atoms with Gasteiger partial charge >= 0.3 is 0 Å². The molecule has 156 valence electrons. The van der Waals surface area contributed by atoms with Crippen LogP contribution in [0.3, 0.4) is 0 Å². The molecule has 0 aromatic heterocycles. The zero-order valence-corrected chi connectivity index (χ0v) is 18.2. The highest BCUT2D eigenvalue weighted by Crippen LogP contribution is 2.14. The Morgan fingerprint density at radius 1 is 0.897 bits per heavy atom. The van der Waals surface area contributed by atoms with Gasteiger partial charge in [0.05, 0.1) is 0 Å². The lowest BCUT2D eigenvalue weighted by molar-refractivity contribution is -0.140. The first-order valence-electron chi connectivity index (χ1n) is 10.7. The minimum atomic E-state index is -0.515. The monoisotopic (exact) mass is 394 g/mol. The summed E-state index contributed by atoms with van der Waals surface area (Å²) in [5.41, 5.74) is 3.46. The average molecular weight is 395 g/mol. The van der Waals surface area contributed by atoms with Crippen LogP contribution in [0.25, 0.3) is 0 Å². The van der Waals surface area contributed by atoms with Crippen LogP contribution in [0, 0.1) is 0 Å². The topological polar surface area (TPSA) is 49.4 Å². The van der Waals surface area contributed by atoms with E-state index in [1.54, 1.807) is 4.90 Å². The van der Waals surface area contributed by atoms with Gasteiger partial charge in [-0.25, -0.2) is 0 Å². The zero-order chi connectivity index (χ0) is 21.2. The Morgan fingerprint density at radius 2 is 1.52 bits per heavy atom. The minimum absolute atomic E-state index is 0.000206. The summed E-state index contributed by atoms with van der Waals surface area (Å²) in [6.07, 6.45) is 2.93. The molecule has 2 aromatic carbocycles. The van der Waals surface area contributed by atoms with E-state index in [4.69, 9.17) is 0 Å². The summed E-state index contributed by atoms with van der Waals surface area (Å²) in [7, 11) is 0. The number of carbonyl (C=O) groups excluding carboxylic acids is 2. The molecule has 0 spiro atoms. The van der Waals surface area contributed by atoms with Crippen molar-refractivity contribution in [3.05, 3.63) is 71.3 Å². The van der Waals surface area contributed by atoms with E-state index in [2.05, 4.69) is 36.5 Å². The van der Waals surface area contributed by atoms with Crippen molar-refractivity contribution in [2.45, 2.75) is 72.0 Å². The summed E-state index contributed by atoms with van der Waals surface area (Å²) in [5, 5.41) is 3.00. The number of rotatable bonds is 10. The van der Waals surface area contributed by atoms with E-state index in [0.717, 1.165) is 24.0 Å². The SMILES string of the molecule is CCc1ccc(CCC(=O)N(Cc2ccccc2)[C@H](C)C(=O)N[C@@H](C)CC)cc1. The van der Waals surface area contributed by atoms with E-state index in [-0.39, 0.29) is 17.9 Å². The van der Waals surface area contributed by atoms with Crippen molar-refractivity contribution in [1.82, 2.24) is 10.2 Å². The molecule has 0 fully saturated rings. The molecule has 0 radical (unpaired) electrons. The molecule has 0 saturated carbocycles. The van der Waals surface area contributed by atoms with Crippen LogP contribution in [0.2, 0.25) is 0 Å². The summed E-state index contributed by atoms with van der Waals surface area (Å²) in [6, 6.07) is 17.8. The van der Waals surface area contributed by atoms with Gasteiger partial charge in [-0.2, -0.15) is 0 Å². The lowest BCUT2D eigenvalue weighted by Gasteiger charge is -2.29. The van der Waals surface area contributed by atoms with Crippen LogP contribution in [0.5, 0.6) is 0 Å². The highest BCUT2D eigenvalue weighted by molar-refractivity contribution is 5.87. The molecule has 4 nitrogen and oxygen atoms in total. The minimum Gasteiger partial charge on any atom is -0.352 e. The van der Waals surface area contributed by atoms with Crippen LogP contribution in [0.15, 0.2) is 54.6 Å². The van der Waals surface area contributed by atoms with E-state index in [1.807, 2.05) is 51.1 Å². The number of amides is 2. The maximum Gasteiger partial charge on any atom is 0.242 e. The third-order valence-electron chi connectivity index (χ3n) is 5.42. The fraction of sp³-hybridized carbons (Fsp3) is 0.440. The molecular formula is C25H34N2O2. The molecular weight excluding hydrogens is 360 g/mol. The Hall–Kier alpha value is -2.62. The Balaban J connectivity index is 2.09. The van der Waals surface area contributed by atoms with E-state index < -0.39 is 6.04 Å². The average Bonchev–Trinajstić information content (AvgIpc) is 2.76. The van der Waals surface area contributed by atoms with Gasteiger partial charge in [0.25, 0.3) is 0 Å². The summed E-state index contributed by atoms with van der Waals surface area (Å²) in [6.45, 7) is 8.39. The van der Waals surface area contributed by atoms with Gasteiger partial charge in [-0.3, -0.25) is 9.59 Å². The normalized spacial score (nSPS) is 12.8. The molecule has 0 unspecified atom stereocenters. The van der Waals surface area contributed by atoms with Gasteiger partial charge in [-0.1, -0.05) is 68.4 Å². The first-order chi connectivity index (χ1) is 13.9. The largest absolute Gasteiger partial charge is 0.352 e. The number of hydrogen-bond donors (Lipinski definition) is 1. The molecule has 2 rings (SSSR count). The number of aryl methyl sites for hydroxylation is 2. The number of benzene rings is 2. The zero-order valence-electron chi connectivity index (χ0n) is 18.2. The number of nitrogens with one attached hydrogen (secondary N) is 1. The fourth-order valence-corrected chi connectivity index (χ4v) is 3.16. The molecule has 0 saturated heterocycles. The standard InChI is InChI=1S/C25H34N2O2/c1-5-19(3)26-25(29)20(4)27(18-23-10-8-7-9-11-23)24(28)17-16-22-14-12-21(6-2)13-15-22/h7-15,19-20H,5-6,16-18H2,1-4H3,(H,26,29)/t19-,20+/m0/s1. The third-order valence-corrected chi connectivity index (χ3v) is 5.42. The van der Waals surface area contributed by atoms with Crippen molar-refractivity contribution in [2.24, 2.45) is 0 Å². The highest BCUT2D eigenvalue weighted by Gasteiger charge is 2.26. The van der Waals surface area contributed by atoms with E-state index >= 15 is 0 Å². The Labute approximate surface area is 175 Å². The predicted octanol–water partition coefficient (Wildman–Crippen LogP) is 4.51. The molecule has 2 atom stereocenters.